The number of hydrogen-bond donors (Lipinski definition) is 0. The van der Waals surface area contributed by atoms with E-state index < -0.39 is 0 Å². The van der Waals surface area contributed by atoms with E-state index >= 15 is 0 Å². The molecule has 1 unspecified atom stereocenters. The van der Waals surface area contributed by atoms with Crippen LogP contribution in [0.2, 0.25) is 0 Å². The van der Waals surface area contributed by atoms with Gasteiger partial charge in [0.2, 0.25) is 0 Å². The van der Waals surface area contributed by atoms with E-state index in [4.69, 9.17) is 18.6 Å². The molecule has 2 heterocycles. The number of carbonyl (C=O) groups is 1. The van der Waals surface area contributed by atoms with Gasteiger partial charge in [0.25, 0.3) is 0 Å². The van der Waals surface area contributed by atoms with Crippen LogP contribution in [0.25, 0.3) is 0 Å². The lowest BCUT2D eigenvalue weighted by molar-refractivity contribution is -0.146. The fraction of sp³-hybridized carbons (Fsp3) is 0.552. The van der Waals surface area contributed by atoms with Crippen LogP contribution in [-0.2, 0) is 22.6 Å². The van der Waals surface area contributed by atoms with E-state index in [1.54, 1.807) is 20.5 Å². The second-order valence-electron chi connectivity index (χ2n) is 10.8. The van der Waals surface area contributed by atoms with Crippen molar-refractivity contribution in [1.82, 2.24) is 4.90 Å². The van der Waals surface area contributed by atoms with Crippen LogP contribution < -0.4 is 9.47 Å². The molecule has 1 aromatic heterocycles. The highest BCUT2D eigenvalue weighted by molar-refractivity contribution is 5.75. The fourth-order valence-corrected chi connectivity index (χ4v) is 6.79. The maximum atomic E-state index is 13.2. The molecule has 6 heteroatoms. The van der Waals surface area contributed by atoms with E-state index in [-0.39, 0.29) is 29.3 Å². The van der Waals surface area contributed by atoms with Gasteiger partial charge in [-0.25, -0.2) is 0 Å². The van der Waals surface area contributed by atoms with E-state index in [1.807, 2.05) is 30.3 Å². The highest BCUT2D eigenvalue weighted by Gasteiger charge is 2.55. The summed E-state index contributed by atoms with van der Waals surface area (Å²) in [7, 11) is 3.28. The van der Waals surface area contributed by atoms with E-state index in [1.165, 1.54) is 18.4 Å². The fourth-order valence-electron chi connectivity index (χ4n) is 6.79. The molecule has 1 saturated heterocycles. The summed E-state index contributed by atoms with van der Waals surface area (Å²) < 4.78 is 22.6. The average molecular weight is 480 g/mol. The van der Waals surface area contributed by atoms with Crippen LogP contribution in [0.4, 0.5) is 0 Å². The molecule has 3 fully saturated rings. The highest BCUT2D eigenvalue weighted by atomic mass is 16.6. The summed E-state index contributed by atoms with van der Waals surface area (Å²) in [5.74, 6) is 2.81. The molecule has 6 nitrogen and oxygen atoms in total. The standard InChI is InChI=1S/C29H37NO5/c1-19-7-5-11-29(2)15-27-22(14-24(19)29)23(28(31)35-27)18-30(17-21-8-6-12-34-21)16-20-9-10-25(32-3)26(13-20)33-4/h6,8-10,12-13,22-24,27H,1,5,7,11,14-18H2,2-4H3/t22-,23?,24+,27-,29-/m0/s1. The molecular formula is C29H37NO5. The summed E-state index contributed by atoms with van der Waals surface area (Å²) in [6.45, 7) is 8.72. The summed E-state index contributed by atoms with van der Waals surface area (Å²) >= 11 is 0. The van der Waals surface area contributed by atoms with Crippen LogP contribution in [0.15, 0.2) is 53.2 Å². The molecule has 2 aromatic rings. The predicted molar refractivity (Wildman–Crippen MR) is 133 cm³/mol. The third-order valence-corrected chi connectivity index (χ3v) is 8.59. The highest BCUT2D eigenvalue weighted by Crippen LogP contribution is 2.57. The lowest BCUT2D eigenvalue weighted by Gasteiger charge is -2.50. The van der Waals surface area contributed by atoms with Gasteiger partial charge in [-0.05, 0) is 73.3 Å². The summed E-state index contributed by atoms with van der Waals surface area (Å²) in [6.07, 6.45) is 7.18. The first kappa shape index (κ1) is 24.0. The second kappa shape index (κ2) is 9.73. The molecule has 35 heavy (non-hydrogen) atoms. The van der Waals surface area contributed by atoms with E-state index in [0.29, 0.717) is 37.1 Å². The van der Waals surface area contributed by atoms with Gasteiger partial charge in [0, 0.05) is 19.0 Å². The zero-order valence-electron chi connectivity index (χ0n) is 21.1. The van der Waals surface area contributed by atoms with Gasteiger partial charge in [0.1, 0.15) is 11.9 Å². The second-order valence-corrected chi connectivity index (χ2v) is 10.8. The first-order valence-corrected chi connectivity index (χ1v) is 12.7. The molecule has 188 valence electrons. The van der Waals surface area contributed by atoms with Crippen LogP contribution in [0.5, 0.6) is 11.5 Å². The van der Waals surface area contributed by atoms with E-state index in [9.17, 15) is 4.79 Å². The Morgan fingerprint density at radius 1 is 1.17 bits per heavy atom. The molecule has 1 aliphatic heterocycles. The Morgan fingerprint density at radius 3 is 2.74 bits per heavy atom. The molecule has 5 atom stereocenters. The predicted octanol–water partition coefficient (Wildman–Crippen LogP) is 5.61. The van der Waals surface area contributed by atoms with Crippen molar-refractivity contribution >= 4 is 5.97 Å². The number of benzene rings is 1. The van der Waals surface area contributed by atoms with Gasteiger partial charge in [-0.15, -0.1) is 0 Å². The Kier molecular flexibility index (Phi) is 6.67. The number of rotatable bonds is 8. The summed E-state index contributed by atoms with van der Waals surface area (Å²) in [5.41, 5.74) is 2.67. The molecular weight excluding hydrogens is 442 g/mol. The third-order valence-electron chi connectivity index (χ3n) is 8.59. The van der Waals surface area contributed by atoms with Gasteiger partial charge in [-0.2, -0.15) is 0 Å². The molecule has 1 aromatic carbocycles. The number of carbonyl (C=O) groups excluding carboxylic acids is 1. The summed E-state index contributed by atoms with van der Waals surface area (Å²) in [5, 5.41) is 0. The number of methoxy groups -OCH3 is 2. The van der Waals surface area contributed by atoms with Gasteiger partial charge in [-0.3, -0.25) is 9.69 Å². The molecule has 5 rings (SSSR count). The van der Waals surface area contributed by atoms with Crippen molar-refractivity contribution in [2.45, 2.75) is 58.2 Å². The normalized spacial score (nSPS) is 30.1. The number of allylic oxidation sites excluding steroid dienone is 1. The Balaban J connectivity index is 1.37. The Bertz CT molecular complexity index is 1060. The number of ether oxygens (including phenoxy) is 3. The van der Waals surface area contributed by atoms with E-state index in [2.05, 4.69) is 18.4 Å². The first-order chi connectivity index (χ1) is 16.9. The molecule has 2 aliphatic carbocycles. The lowest BCUT2D eigenvalue weighted by Crippen LogP contribution is -2.45. The lowest BCUT2D eigenvalue weighted by atomic mass is 9.55. The van der Waals surface area contributed by atoms with Gasteiger partial charge >= 0.3 is 5.97 Å². The zero-order chi connectivity index (χ0) is 24.6. The maximum absolute atomic E-state index is 13.2. The average Bonchev–Trinajstić information content (AvgIpc) is 3.45. The maximum Gasteiger partial charge on any atom is 0.310 e. The van der Waals surface area contributed by atoms with Crippen molar-refractivity contribution in [3.63, 3.8) is 0 Å². The molecule has 0 radical (unpaired) electrons. The molecule has 0 N–H and O–H groups in total. The largest absolute Gasteiger partial charge is 0.493 e. The van der Waals surface area contributed by atoms with Crippen molar-refractivity contribution in [2.75, 3.05) is 20.8 Å². The number of hydrogen-bond acceptors (Lipinski definition) is 6. The van der Waals surface area contributed by atoms with E-state index in [0.717, 1.165) is 30.6 Å². The Labute approximate surface area is 208 Å². The minimum Gasteiger partial charge on any atom is -0.493 e. The quantitative estimate of drug-likeness (QED) is 0.362. The van der Waals surface area contributed by atoms with Crippen molar-refractivity contribution in [1.29, 1.82) is 0 Å². The van der Waals surface area contributed by atoms with Crippen LogP contribution in [0.3, 0.4) is 0 Å². The molecule has 3 aliphatic rings. The molecule has 2 saturated carbocycles. The number of fused-ring (bicyclic) bond motifs is 2. The topological polar surface area (TPSA) is 61.1 Å². The zero-order valence-corrected chi connectivity index (χ0v) is 21.1. The summed E-state index contributed by atoms with van der Waals surface area (Å²) in [4.78, 5) is 15.5. The van der Waals surface area contributed by atoms with Gasteiger partial charge in [-0.1, -0.05) is 25.1 Å². The minimum atomic E-state index is -0.144. The first-order valence-electron chi connectivity index (χ1n) is 12.7. The Hall–Kier alpha value is -2.73. The molecule has 0 bridgehead atoms. The van der Waals surface area contributed by atoms with Gasteiger partial charge in [0.05, 0.1) is 32.9 Å². The van der Waals surface area contributed by atoms with Crippen LogP contribution in [0.1, 0.15) is 50.4 Å². The van der Waals surface area contributed by atoms with Crippen LogP contribution in [0, 0.1) is 23.2 Å². The summed E-state index contributed by atoms with van der Waals surface area (Å²) in [6, 6.07) is 9.86. The van der Waals surface area contributed by atoms with Crippen LogP contribution >= 0.6 is 0 Å². The third kappa shape index (κ3) is 4.73. The monoisotopic (exact) mass is 479 g/mol. The van der Waals surface area contributed by atoms with Crippen molar-refractivity contribution in [3.8, 4) is 11.5 Å². The SMILES string of the molecule is C=C1CCC[C@@]2(C)C[C@@H]3OC(=O)C(CN(Cc4ccc(OC)c(OC)c4)Cc4ccco4)[C@@H]3C[C@H]12. The Morgan fingerprint density at radius 2 is 2.00 bits per heavy atom. The van der Waals surface area contributed by atoms with Crippen LogP contribution in [-0.4, -0.2) is 37.7 Å². The minimum absolute atomic E-state index is 0.0196. The van der Waals surface area contributed by atoms with Crippen molar-refractivity contribution < 1.29 is 23.4 Å². The van der Waals surface area contributed by atoms with Crippen molar-refractivity contribution in [2.24, 2.45) is 23.2 Å². The number of esters is 1. The van der Waals surface area contributed by atoms with Crippen molar-refractivity contribution in [3.05, 3.63) is 60.1 Å². The van der Waals surface area contributed by atoms with Gasteiger partial charge in [0.15, 0.2) is 11.5 Å². The van der Waals surface area contributed by atoms with Gasteiger partial charge < -0.3 is 18.6 Å². The number of furan rings is 1. The number of nitrogens with zero attached hydrogens (tertiary/aromatic N) is 1. The smallest absolute Gasteiger partial charge is 0.310 e. The molecule has 0 spiro atoms. The molecule has 0 amide bonds.